The number of thiocyanates is 1. The number of carbonyl (C=O) groups excluding carboxylic acids is 1. The molecule has 2 bridgehead atoms. The molecule has 0 saturated heterocycles. The molecule has 7 heteroatoms. The highest BCUT2D eigenvalue weighted by Gasteiger charge is 2.63. The predicted molar refractivity (Wildman–Crippen MR) is 77.3 cm³/mol. The molecule has 1 amide bonds. The Bertz CT molecular complexity index is 502. The molecule has 21 heavy (non-hydrogen) atoms. The van der Waals surface area contributed by atoms with Crippen LogP contribution in [0.25, 0.3) is 0 Å². The van der Waals surface area contributed by atoms with Crippen LogP contribution in [0.3, 0.4) is 0 Å². The Hall–Kier alpha value is -1.42. The normalized spacial score (nSPS) is 34.0. The lowest BCUT2D eigenvalue weighted by molar-refractivity contribution is -0.156. The Morgan fingerprint density at radius 1 is 1.48 bits per heavy atom. The van der Waals surface area contributed by atoms with Crippen LogP contribution in [-0.4, -0.2) is 28.6 Å². The first kappa shape index (κ1) is 16.0. The van der Waals surface area contributed by atoms with Gasteiger partial charge in [0.2, 0.25) is 0 Å². The summed E-state index contributed by atoms with van der Waals surface area (Å²) in [5.41, 5.74) is 0.0223. The van der Waals surface area contributed by atoms with E-state index in [-0.39, 0.29) is 16.9 Å². The Kier molecular flexibility index (Phi) is 4.11. The second-order valence-corrected chi connectivity index (χ2v) is 7.46. The molecule has 0 spiro atoms. The molecule has 0 aromatic carbocycles. The summed E-state index contributed by atoms with van der Waals surface area (Å²) in [6, 6.07) is 0. The SMILES string of the molecule is CC1(C)[C@@H]2CC[C@]1(C)C(OC(=O)C(NC(=O)O)SC#N)C2. The molecule has 2 saturated carbocycles. The number of nitrogens with zero attached hydrogens (tertiary/aromatic N) is 1. The molecule has 2 aliphatic carbocycles. The summed E-state index contributed by atoms with van der Waals surface area (Å²) < 4.78 is 5.56. The number of rotatable bonds is 4. The van der Waals surface area contributed by atoms with Crippen LogP contribution < -0.4 is 5.32 Å². The smallest absolute Gasteiger partial charge is 0.406 e. The first-order chi connectivity index (χ1) is 9.72. The van der Waals surface area contributed by atoms with E-state index in [1.54, 1.807) is 5.40 Å². The minimum absolute atomic E-state index is 0.0849. The van der Waals surface area contributed by atoms with Crippen molar-refractivity contribution in [3.63, 3.8) is 0 Å². The number of fused-ring (bicyclic) bond motifs is 2. The quantitative estimate of drug-likeness (QED) is 0.470. The van der Waals surface area contributed by atoms with Crippen molar-refractivity contribution < 1.29 is 19.4 Å². The van der Waals surface area contributed by atoms with Gasteiger partial charge in [-0.05, 0) is 42.4 Å². The molecule has 2 rings (SSSR count). The molecule has 0 aromatic rings. The van der Waals surface area contributed by atoms with Gasteiger partial charge in [0.25, 0.3) is 0 Å². The van der Waals surface area contributed by atoms with Gasteiger partial charge >= 0.3 is 12.1 Å². The van der Waals surface area contributed by atoms with Crippen LogP contribution in [-0.2, 0) is 9.53 Å². The third-order valence-corrected chi connectivity index (χ3v) is 6.26. The third-order valence-electron chi connectivity index (χ3n) is 5.61. The zero-order valence-electron chi connectivity index (χ0n) is 12.4. The summed E-state index contributed by atoms with van der Waals surface area (Å²) >= 11 is 0.554. The number of carbonyl (C=O) groups is 2. The van der Waals surface area contributed by atoms with Crippen molar-refractivity contribution in [1.82, 2.24) is 5.32 Å². The summed E-state index contributed by atoms with van der Waals surface area (Å²) in [7, 11) is 0. The number of thioether (sulfide) groups is 1. The highest BCUT2D eigenvalue weighted by molar-refractivity contribution is 8.04. The molecule has 2 fully saturated rings. The fraction of sp³-hybridized carbons (Fsp3) is 0.786. The first-order valence-corrected chi connectivity index (χ1v) is 7.85. The van der Waals surface area contributed by atoms with Gasteiger partial charge in [0.1, 0.15) is 11.5 Å². The number of hydrogen-bond acceptors (Lipinski definition) is 5. The highest BCUT2D eigenvalue weighted by atomic mass is 32.2. The molecular weight excluding hydrogens is 292 g/mol. The first-order valence-electron chi connectivity index (χ1n) is 6.97. The van der Waals surface area contributed by atoms with Crippen LogP contribution in [0.5, 0.6) is 0 Å². The van der Waals surface area contributed by atoms with Gasteiger partial charge in [-0.25, -0.2) is 9.59 Å². The number of esters is 1. The van der Waals surface area contributed by atoms with Crippen molar-refractivity contribution >= 4 is 23.8 Å². The number of nitrogens with one attached hydrogen (secondary N) is 1. The molecule has 4 atom stereocenters. The van der Waals surface area contributed by atoms with E-state index in [1.165, 1.54) is 0 Å². The second-order valence-electron chi connectivity index (χ2n) is 6.57. The van der Waals surface area contributed by atoms with Crippen molar-refractivity contribution in [1.29, 1.82) is 5.26 Å². The maximum Gasteiger partial charge on any atom is 0.406 e. The number of nitriles is 1. The van der Waals surface area contributed by atoms with Crippen LogP contribution in [0.4, 0.5) is 4.79 Å². The van der Waals surface area contributed by atoms with E-state index in [9.17, 15) is 9.59 Å². The summed E-state index contributed by atoms with van der Waals surface area (Å²) in [6.07, 6.45) is 1.40. The van der Waals surface area contributed by atoms with Gasteiger partial charge in [0, 0.05) is 5.41 Å². The monoisotopic (exact) mass is 312 g/mol. The molecule has 2 N–H and O–H groups in total. The zero-order chi connectivity index (χ0) is 15.8. The Morgan fingerprint density at radius 3 is 2.57 bits per heavy atom. The van der Waals surface area contributed by atoms with Gasteiger partial charge in [-0.15, -0.1) is 0 Å². The van der Waals surface area contributed by atoms with Gasteiger partial charge < -0.3 is 9.84 Å². The summed E-state index contributed by atoms with van der Waals surface area (Å²) in [5, 5.41) is 19.9. The topological polar surface area (TPSA) is 99.4 Å². The summed E-state index contributed by atoms with van der Waals surface area (Å²) in [4.78, 5) is 22.8. The molecule has 0 radical (unpaired) electrons. The lowest BCUT2D eigenvalue weighted by Gasteiger charge is -2.38. The summed E-state index contributed by atoms with van der Waals surface area (Å²) in [6.45, 7) is 6.54. The fourth-order valence-corrected chi connectivity index (χ4v) is 4.23. The number of hydrogen-bond donors (Lipinski definition) is 2. The van der Waals surface area contributed by atoms with E-state index < -0.39 is 17.4 Å². The maximum atomic E-state index is 12.1. The minimum atomic E-state index is -1.35. The van der Waals surface area contributed by atoms with Gasteiger partial charge in [0.15, 0.2) is 5.37 Å². The van der Waals surface area contributed by atoms with Crippen molar-refractivity contribution in [3.05, 3.63) is 0 Å². The lowest BCUT2D eigenvalue weighted by atomic mass is 9.70. The Balaban J connectivity index is 2.07. The van der Waals surface area contributed by atoms with Crippen LogP contribution in [0.15, 0.2) is 0 Å². The minimum Gasteiger partial charge on any atom is -0.465 e. The van der Waals surface area contributed by atoms with Crippen molar-refractivity contribution in [2.24, 2.45) is 16.7 Å². The van der Waals surface area contributed by atoms with Crippen molar-refractivity contribution in [2.45, 2.75) is 51.5 Å². The average Bonchev–Trinajstić information content (AvgIpc) is 2.71. The van der Waals surface area contributed by atoms with Gasteiger partial charge in [-0.1, -0.05) is 20.8 Å². The molecule has 0 heterocycles. The second kappa shape index (κ2) is 5.41. The zero-order valence-corrected chi connectivity index (χ0v) is 13.2. The Labute approximate surface area is 128 Å². The van der Waals surface area contributed by atoms with E-state index in [4.69, 9.17) is 15.1 Å². The number of ether oxygens (including phenoxy) is 1. The van der Waals surface area contributed by atoms with Crippen LogP contribution in [0.1, 0.15) is 40.0 Å². The van der Waals surface area contributed by atoms with Gasteiger partial charge in [-0.2, -0.15) is 5.26 Å². The largest absolute Gasteiger partial charge is 0.465 e. The number of amides is 1. The van der Waals surface area contributed by atoms with E-state index in [0.717, 1.165) is 19.3 Å². The molecule has 2 aliphatic rings. The summed E-state index contributed by atoms with van der Waals surface area (Å²) in [5.74, 6) is -0.159. The van der Waals surface area contributed by atoms with E-state index in [2.05, 4.69) is 20.8 Å². The molecule has 2 unspecified atom stereocenters. The fourth-order valence-electron chi connectivity index (χ4n) is 3.81. The van der Waals surface area contributed by atoms with Crippen LogP contribution in [0, 0.1) is 27.4 Å². The van der Waals surface area contributed by atoms with Crippen LogP contribution in [0.2, 0.25) is 0 Å². The third kappa shape index (κ3) is 2.57. The molecule has 0 aromatic heterocycles. The van der Waals surface area contributed by atoms with Crippen molar-refractivity contribution in [3.8, 4) is 5.40 Å². The maximum absolute atomic E-state index is 12.1. The average molecular weight is 312 g/mol. The van der Waals surface area contributed by atoms with E-state index in [1.807, 2.05) is 5.32 Å². The Morgan fingerprint density at radius 2 is 2.14 bits per heavy atom. The van der Waals surface area contributed by atoms with Crippen LogP contribution >= 0.6 is 11.8 Å². The van der Waals surface area contributed by atoms with Gasteiger partial charge in [0.05, 0.1) is 0 Å². The molecular formula is C14H20N2O4S. The van der Waals surface area contributed by atoms with E-state index >= 15 is 0 Å². The molecule has 116 valence electrons. The lowest BCUT2D eigenvalue weighted by Crippen LogP contribution is -2.44. The van der Waals surface area contributed by atoms with Crippen molar-refractivity contribution in [2.75, 3.05) is 0 Å². The molecule has 0 aliphatic heterocycles. The van der Waals surface area contributed by atoms with Gasteiger partial charge in [-0.3, -0.25) is 5.32 Å². The van der Waals surface area contributed by atoms with E-state index in [0.29, 0.717) is 17.7 Å². The number of carboxylic acid groups (broad SMARTS) is 1. The highest BCUT2D eigenvalue weighted by Crippen LogP contribution is 2.66. The predicted octanol–water partition coefficient (Wildman–Crippen LogP) is 2.55. The molecule has 6 nitrogen and oxygen atoms in total. The standard InChI is InChI=1S/C14H20N2O4S/c1-13(2)8-4-5-14(13,3)9(6-8)20-11(17)10(21-7-15)16-12(18)19/h8-10,16H,4-6H2,1-3H3,(H,18,19)/t8-,9?,10?,14-/m1/s1.